The van der Waals surface area contributed by atoms with E-state index in [0.29, 0.717) is 6.42 Å². The van der Waals surface area contributed by atoms with E-state index < -0.39 is 11.9 Å². The maximum atomic E-state index is 10.9. The molecule has 1 atom stereocenters. The molecule has 4 heteroatoms. The number of carboxylic acids is 1. The van der Waals surface area contributed by atoms with Crippen molar-refractivity contribution >= 4 is 5.97 Å². The zero-order valence-corrected chi connectivity index (χ0v) is 8.60. The molecular formula is C10H16N2O2. The van der Waals surface area contributed by atoms with Gasteiger partial charge in [-0.05, 0) is 18.9 Å². The van der Waals surface area contributed by atoms with E-state index in [-0.39, 0.29) is 0 Å². The lowest BCUT2D eigenvalue weighted by atomic mass is 10.0. The summed E-state index contributed by atoms with van der Waals surface area (Å²) in [4.78, 5) is 10.9. The van der Waals surface area contributed by atoms with Crippen molar-refractivity contribution in [3.63, 3.8) is 0 Å². The molecular weight excluding hydrogens is 180 g/mol. The van der Waals surface area contributed by atoms with Crippen molar-refractivity contribution in [2.75, 3.05) is 0 Å². The van der Waals surface area contributed by atoms with Crippen molar-refractivity contribution in [3.8, 4) is 0 Å². The molecule has 78 valence electrons. The summed E-state index contributed by atoms with van der Waals surface area (Å²) < 4.78 is 1.78. The molecule has 0 radical (unpaired) electrons. The molecule has 0 fully saturated rings. The molecule has 1 heterocycles. The summed E-state index contributed by atoms with van der Waals surface area (Å²) in [5, 5.41) is 13.1. The molecule has 1 unspecified atom stereocenters. The van der Waals surface area contributed by atoms with Crippen LogP contribution in [0.25, 0.3) is 0 Å². The van der Waals surface area contributed by atoms with E-state index in [1.54, 1.807) is 16.9 Å². The molecule has 0 saturated carbocycles. The molecule has 0 aliphatic carbocycles. The predicted molar refractivity (Wildman–Crippen MR) is 53.2 cm³/mol. The van der Waals surface area contributed by atoms with Crippen LogP contribution >= 0.6 is 0 Å². The third kappa shape index (κ3) is 2.13. The topological polar surface area (TPSA) is 55.1 Å². The second-order valence-electron chi connectivity index (χ2n) is 3.28. The smallest absolute Gasteiger partial charge is 0.312 e. The third-order valence-electron chi connectivity index (χ3n) is 2.25. The molecule has 0 saturated heterocycles. The molecule has 1 aromatic rings. The van der Waals surface area contributed by atoms with Crippen molar-refractivity contribution < 1.29 is 9.90 Å². The van der Waals surface area contributed by atoms with Gasteiger partial charge in [-0.25, -0.2) is 0 Å². The van der Waals surface area contributed by atoms with Gasteiger partial charge in [-0.15, -0.1) is 0 Å². The fraction of sp³-hybridized carbons (Fsp3) is 0.600. The summed E-state index contributed by atoms with van der Waals surface area (Å²) in [6.45, 7) is 4.71. The van der Waals surface area contributed by atoms with E-state index in [0.717, 1.165) is 18.7 Å². The van der Waals surface area contributed by atoms with Crippen molar-refractivity contribution in [2.24, 2.45) is 0 Å². The second kappa shape index (κ2) is 4.79. The predicted octanol–water partition coefficient (Wildman–Crippen LogP) is 1.87. The Hall–Kier alpha value is -1.32. The number of aromatic nitrogens is 2. The van der Waals surface area contributed by atoms with Gasteiger partial charge in [0.2, 0.25) is 0 Å². The normalized spacial score (nSPS) is 12.7. The monoisotopic (exact) mass is 196 g/mol. The number of hydrogen-bond acceptors (Lipinski definition) is 2. The first-order valence-corrected chi connectivity index (χ1v) is 4.95. The first-order chi connectivity index (χ1) is 6.70. The third-order valence-corrected chi connectivity index (χ3v) is 2.25. The molecule has 0 spiro atoms. The Balaban J connectivity index is 2.91. The van der Waals surface area contributed by atoms with Crippen LogP contribution in [0.4, 0.5) is 0 Å². The molecule has 0 bridgehead atoms. The largest absolute Gasteiger partial charge is 0.481 e. The van der Waals surface area contributed by atoms with Crippen LogP contribution in [0.5, 0.6) is 0 Å². The standard InChI is InChI=1S/C10H16N2O2/c1-3-7-12-9(5-6-11-12)8(4-2)10(13)14/h5-6,8H,3-4,7H2,1-2H3,(H,13,14). The van der Waals surface area contributed by atoms with Crippen LogP contribution in [0, 0.1) is 0 Å². The van der Waals surface area contributed by atoms with Crippen molar-refractivity contribution in [2.45, 2.75) is 39.2 Å². The summed E-state index contributed by atoms with van der Waals surface area (Å²) in [5.74, 6) is -1.20. The molecule has 4 nitrogen and oxygen atoms in total. The first-order valence-electron chi connectivity index (χ1n) is 4.95. The SMILES string of the molecule is CCCn1nccc1C(CC)C(=O)O. The average Bonchev–Trinajstić information content (AvgIpc) is 2.55. The van der Waals surface area contributed by atoms with Gasteiger partial charge in [-0.1, -0.05) is 13.8 Å². The number of hydrogen-bond donors (Lipinski definition) is 1. The Morgan fingerprint density at radius 3 is 2.86 bits per heavy atom. The summed E-state index contributed by atoms with van der Waals surface area (Å²) in [5.41, 5.74) is 0.807. The van der Waals surface area contributed by atoms with Gasteiger partial charge < -0.3 is 5.11 Å². The quantitative estimate of drug-likeness (QED) is 0.782. The van der Waals surface area contributed by atoms with E-state index in [1.165, 1.54) is 0 Å². The molecule has 1 N–H and O–H groups in total. The molecule has 1 aromatic heterocycles. The van der Waals surface area contributed by atoms with E-state index in [9.17, 15) is 4.79 Å². The minimum Gasteiger partial charge on any atom is -0.481 e. The minimum atomic E-state index is -0.773. The average molecular weight is 196 g/mol. The van der Waals surface area contributed by atoms with Crippen LogP contribution in [0.1, 0.15) is 38.3 Å². The molecule has 1 rings (SSSR count). The maximum absolute atomic E-state index is 10.9. The zero-order chi connectivity index (χ0) is 10.6. The van der Waals surface area contributed by atoms with Gasteiger partial charge in [-0.3, -0.25) is 9.48 Å². The molecule has 0 aliphatic rings. The van der Waals surface area contributed by atoms with Crippen molar-refractivity contribution in [1.29, 1.82) is 0 Å². The van der Waals surface area contributed by atoms with Gasteiger partial charge in [0.25, 0.3) is 0 Å². The minimum absolute atomic E-state index is 0.427. The highest BCUT2D eigenvalue weighted by Gasteiger charge is 2.20. The van der Waals surface area contributed by atoms with E-state index in [4.69, 9.17) is 5.11 Å². The van der Waals surface area contributed by atoms with E-state index >= 15 is 0 Å². The van der Waals surface area contributed by atoms with Gasteiger partial charge in [0.15, 0.2) is 0 Å². The van der Waals surface area contributed by atoms with Gasteiger partial charge in [0.1, 0.15) is 0 Å². The summed E-state index contributed by atoms with van der Waals surface area (Å²) in [6.07, 6.45) is 3.23. The van der Waals surface area contributed by atoms with Crippen LogP contribution in [0.3, 0.4) is 0 Å². The number of nitrogens with zero attached hydrogens (tertiary/aromatic N) is 2. The second-order valence-corrected chi connectivity index (χ2v) is 3.28. The molecule has 0 aliphatic heterocycles. The van der Waals surface area contributed by atoms with Crippen LogP contribution in [0.15, 0.2) is 12.3 Å². The lowest BCUT2D eigenvalue weighted by Crippen LogP contribution is -2.16. The lowest BCUT2D eigenvalue weighted by molar-refractivity contribution is -0.139. The van der Waals surface area contributed by atoms with Gasteiger partial charge >= 0.3 is 5.97 Å². The first kappa shape index (κ1) is 10.8. The highest BCUT2D eigenvalue weighted by molar-refractivity contribution is 5.75. The number of aliphatic carboxylic acids is 1. The van der Waals surface area contributed by atoms with Crippen molar-refractivity contribution in [3.05, 3.63) is 18.0 Å². The van der Waals surface area contributed by atoms with E-state index in [1.807, 2.05) is 13.8 Å². The molecule has 0 aromatic carbocycles. The fourth-order valence-corrected chi connectivity index (χ4v) is 1.55. The van der Waals surface area contributed by atoms with Crippen LogP contribution in [-0.2, 0) is 11.3 Å². The number of carboxylic acid groups (broad SMARTS) is 1. The van der Waals surface area contributed by atoms with Crippen LogP contribution < -0.4 is 0 Å². The summed E-state index contributed by atoms with van der Waals surface area (Å²) >= 11 is 0. The van der Waals surface area contributed by atoms with Gasteiger partial charge in [-0.2, -0.15) is 5.10 Å². The number of rotatable bonds is 5. The van der Waals surface area contributed by atoms with Gasteiger partial charge in [0.05, 0.1) is 11.6 Å². The Labute approximate surface area is 83.5 Å². The van der Waals surface area contributed by atoms with Crippen molar-refractivity contribution in [1.82, 2.24) is 9.78 Å². The summed E-state index contributed by atoms with van der Waals surface area (Å²) in [6, 6.07) is 1.79. The van der Waals surface area contributed by atoms with Crippen LogP contribution in [-0.4, -0.2) is 20.9 Å². The fourth-order valence-electron chi connectivity index (χ4n) is 1.55. The number of carbonyl (C=O) groups is 1. The molecule has 14 heavy (non-hydrogen) atoms. The highest BCUT2D eigenvalue weighted by atomic mass is 16.4. The Kier molecular flexibility index (Phi) is 3.68. The zero-order valence-electron chi connectivity index (χ0n) is 8.60. The maximum Gasteiger partial charge on any atom is 0.312 e. The highest BCUT2D eigenvalue weighted by Crippen LogP contribution is 2.19. The Morgan fingerprint density at radius 2 is 2.36 bits per heavy atom. The lowest BCUT2D eigenvalue weighted by Gasteiger charge is -2.11. The van der Waals surface area contributed by atoms with Crippen LogP contribution in [0.2, 0.25) is 0 Å². The molecule has 0 amide bonds. The number of aryl methyl sites for hydroxylation is 1. The Bertz CT molecular complexity index is 307. The Morgan fingerprint density at radius 1 is 1.64 bits per heavy atom. The summed E-state index contributed by atoms with van der Waals surface area (Å²) in [7, 11) is 0. The van der Waals surface area contributed by atoms with E-state index in [2.05, 4.69) is 5.10 Å². The van der Waals surface area contributed by atoms with Gasteiger partial charge in [0, 0.05) is 12.7 Å².